The first-order valence-electron chi connectivity index (χ1n) is 9.75. The molecule has 0 saturated heterocycles. The van der Waals surface area contributed by atoms with Gasteiger partial charge in [-0.2, -0.15) is 5.10 Å². The average Bonchev–Trinajstić information content (AvgIpc) is 3.44. The number of aliphatic hydroxyl groups is 1. The average molecular weight is 426 g/mol. The summed E-state index contributed by atoms with van der Waals surface area (Å²) in [7, 11) is 0. The molecule has 0 amide bonds. The van der Waals surface area contributed by atoms with E-state index in [0.717, 1.165) is 6.20 Å². The lowest BCUT2D eigenvalue weighted by atomic mass is 10.2. The van der Waals surface area contributed by atoms with Gasteiger partial charge in [-0.15, -0.1) is 0 Å². The molecule has 4 rings (SSSR count). The monoisotopic (exact) mass is 426 g/mol. The highest BCUT2D eigenvalue weighted by Gasteiger charge is 2.18. The number of rotatable bonds is 9. The Labute approximate surface area is 176 Å². The molecule has 0 spiro atoms. The Morgan fingerprint density at radius 3 is 2.71 bits per heavy atom. The smallest absolute Gasteiger partial charge is 0.183 e. The fourth-order valence-corrected chi connectivity index (χ4v) is 3.04. The summed E-state index contributed by atoms with van der Waals surface area (Å²) in [6.45, 7) is 0.686. The third-order valence-electron chi connectivity index (χ3n) is 4.61. The second-order valence-corrected chi connectivity index (χ2v) is 6.80. The molecule has 3 heterocycles. The van der Waals surface area contributed by atoms with E-state index < -0.39 is 5.82 Å². The predicted molar refractivity (Wildman–Crippen MR) is 109 cm³/mol. The number of benzene rings is 1. The van der Waals surface area contributed by atoms with Crippen LogP contribution in [0.25, 0.3) is 22.9 Å². The molecule has 2 N–H and O–H groups in total. The van der Waals surface area contributed by atoms with Gasteiger partial charge in [0.2, 0.25) is 0 Å². The molecule has 10 heteroatoms. The molecule has 0 bridgehead atoms. The molecule has 3 aromatic heterocycles. The van der Waals surface area contributed by atoms with Crippen LogP contribution in [0, 0.1) is 11.6 Å². The van der Waals surface area contributed by atoms with Crippen molar-refractivity contribution >= 4 is 5.82 Å². The standard InChI is InChI=1S/C21H20F2N6O2/c22-15-6-2-1-5-14(15)13-29-19(17-7-10-31-28-17)11-18(27-29)21-25-12-16(23)20(26-21)24-8-3-4-9-30/h1-2,5-7,10-12,30H,3-4,8-9,13H2,(H,24,25,26). The van der Waals surface area contributed by atoms with E-state index in [0.29, 0.717) is 42.0 Å². The van der Waals surface area contributed by atoms with Gasteiger partial charge in [0.05, 0.1) is 18.4 Å². The highest BCUT2D eigenvalue weighted by Crippen LogP contribution is 2.26. The molecule has 0 radical (unpaired) electrons. The molecule has 0 atom stereocenters. The second-order valence-electron chi connectivity index (χ2n) is 6.80. The van der Waals surface area contributed by atoms with Gasteiger partial charge in [-0.3, -0.25) is 4.68 Å². The third-order valence-corrected chi connectivity index (χ3v) is 4.61. The van der Waals surface area contributed by atoms with E-state index in [1.807, 2.05) is 0 Å². The van der Waals surface area contributed by atoms with Crippen LogP contribution in [0.3, 0.4) is 0 Å². The van der Waals surface area contributed by atoms with Gasteiger partial charge in [0.25, 0.3) is 0 Å². The summed E-state index contributed by atoms with van der Waals surface area (Å²) in [5, 5.41) is 20.2. The van der Waals surface area contributed by atoms with E-state index in [4.69, 9.17) is 9.63 Å². The maximum Gasteiger partial charge on any atom is 0.183 e. The van der Waals surface area contributed by atoms with E-state index in [-0.39, 0.29) is 30.6 Å². The Morgan fingerprint density at radius 1 is 1.06 bits per heavy atom. The van der Waals surface area contributed by atoms with Gasteiger partial charge in [-0.05, 0) is 25.0 Å². The fraction of sp³-hybridized carbons (Fsp3) is 0.238. The zero-order valence-electron chi connectivity index (χ0n) is 16.5. The van der Waals surface area contributed by atoms with Crippen molar-refractivity contribution in [3.8, 4) is 22.9 Å². The molecule has 4 aromatic rings. The minimum absolute atomic E-state index is 0.0505. The molecule has 1 aromatic carbocycles. The van der Waals surface area contributed by atoms with Crippen molar-refractivity contribution in [1.82, 2.24) is 24.9 Å². The SMILES string of the molecule is OCCCCNc1nc(-c2cc(-c3ccon3)n(Cc3ccccc3F)n2)ncc1F. The Balaban J connectivity index is 1.67. The molecule has 0 aliphatic heterocycles. The number of nitrogens with one attached hydrogen (secondary N) is 1. The van der Waals surface area contributed by atoms with E-state index in [1.54, 1.807) is 35.0 Å². The first-order valence-corrected chi connectivity index (χ1v) is 9.75. The number of hydrogen-bond donors (Lipinski definition) is 2. The zero-order valence-corrected chi connectivity index (χ0v) is 16.5. The molecule has 0 fully saturated rings. The molecular formula is C21H20F2N6O2. The highest BCUT2D eigenvalue weighted by molar-refractivity contribution is 5.63. The fourth-order valence-electron chi connectivity index (χ4n) is 3.04. The lowest BCUT2D eigenvalue weighted by Crippen LogP contribution is -2.08. The zero-order chi connectivity index (χ0) is 21.6. The van der Waals surface area contributed by atoms with Crippen molar-refractivity contribution in [1.29, 1.82) is 0 Å². The van der Waals surface area contributed by atoms with Crippen LogP contribution < -0.4 is 5.32 Å². The van der Waals surface area contributed by atoms with E-state index in [1.165, 1.54) is 12.3 Å². The van der Waals surface area contributed by atoms with Crippen molar-refractivity contribution in [3.05, 3.63) is 66.1 Å². The van der Waals surface area contributed by atoms with Crippen LogP contribution in [0.2, 0.25) is 0 Å². The van der Waals surface area contributed by atoms with Crippen molar-refractivity contribution in [2.75, 3.05) is 18.5 Å². The summed E-state index contributed by atoms with van der Waals surface area (Å²) < 4.78 is 34.8. The van der Waals surface area contributed by atoms with Crippen LogP contribution in [-0.4, -0.2) is 43.2 Å². The topological polar surface area (TPSA) is 102 Å². The molecule has 8 nitrogen and oxygen atoms in total. The lowest BCUT2D eigenvalue weighted by Gasteiger charge is -2.07. The van der Waals surface area contributed by atoms with Gasteiger partial charge in [0, 0.05) is 24.8 Å². The van der Waals surface area contributed by atoms with Gasteiger partial charge in [0.1, 0.15) is 23.5 Å². The minimum Gasteiger partial charge on any atom is -0.396 e. The first-order chi connectivity index (χ1) is 15.2. The number of aliphatic hydroxyl groups excluding tert-OH is 1. The largest absolute Gasteiger partial charge is 0.396 e. The van der Waals surface area contributed by atoms with E-state index in [2.05, 4.69) is 25.5 Å². The summed E-state index contributed by atoms with van der Waals surface area (Å²) in [5.74, 6) is -0.675. The maximum atomic E-state index is 14.2. The quantitative estimate of drug-likeness (QED) is 0.395. The Hall–Kier alpha value is -3.66. The maximum absolute atomic E-state index is 14.2. The number of nitrogens with zero attached hydrogens (tertiary/aromatic N) is 5. The number of aromatic nitrogens is 5. The second kappa shape index (κ2) is 9.43. The van der Waals surface area contributed by atoms with Crippen LogP contribution in [0.5, 0.6) is 0 Å². The molecular weight excluding hydrogens is 406 g/mol. The van der Waals surface area contributed by atoms with Crippen LogP contribution >= 0.6 is 0 Å². The summed E-state index contributed by atoms with van der Waals surface area (Å²) in [4.78, 5) is 8.30. The summed E-state index contributed by atoms with van der Waals surface area (Å²) in [6.07, 6.45) is 3.78. The molecule has 0 aliphatic rings. The Bertz CT molecular complexity index is 1150. The normalized spacial score (nSPS) is 11.1. The van der Waals surface area contributed by atoms with Crippen molar-refractivity contribution < 1.29 is 18.4 Å². The highest BCUT2D eigenvalue weighted by atomic mass is 19.1. The van der Waals surface area contributed by atoms with Crippen LogP contribution in [0.1, 0.15) is 18.4 Å². The van der Waals surface area contributed by atoms with Crippen LogP contribution in [0.4, 0.5) is 14.6 Å². The first kappa shape index (κ1) is 20.6. The van der Waals surface area contributed by atoms with Gasteiger partial charge in [-0.1, -0.05) is 23.4 Å². The lowest BCUT2D eigenvalue weighted by molar-refractivity contribution is 0.286. The number of halogens is 2. The van der Waals surface area contributed by atoms with Crippen LogP contribution in [0.15, 0.2) is 53.4 Å². The molecule has 160 valence electrons. The van der Waals surface area contributed by atoms with E-state index in [9.17, 15) is 8.78 Å². The van der Waals surface area contributed by atoms with Crippen molar-refractivity contribution in [2.24, 2.45) is 0 Å². The predicted octanol–water partition coefficient (Wildman–Crippen LogP) is 3.51. The number of unbranched alkanes of at least 4 members (excludes halogenated alkanes) is 1. The molecule has 31 heavy (non-hydrogen) atoms. The van der Waals surface area contributed by atoms with Gasteiger partial charge in [-0.25, -0.2) is 18.7 Å². The Morgan fingerprint density at radius 2 is 1.94 bits per heavy atom. The number of hydrogen-bond acceptors (Lipinski definition) is 7. The van der Waals surface area contributed by atoms with Gasteiger partial charge in [0.15, 0.2) is 17.5 Å². The number of anilines is 1. The minimum atomic E-state index is -0.588. The van der Waals surface area contributed by atoms with E-state index >= 15 is 0 Å². The summed E-state index contributed by atoms with van der Waals surface area (Å²) in [5.41, 5.74) is 1.93. The third kappa shape index (κ3) is 4.75. The summed E-state index contributed by atoms with van der Waals surface area (Å²) in [6, 6.07) is 9.78. The van der Waals surface area contributed by atoms with Crippen LogP contribution in [-0.2, 0) is 6.54 Å². The molecule has 0 aliphatic carbocycles. The van der Waals surface area contributed by atoms with Gasteiger partial charge < -0.3 is 14.9 Å². The van der Waals surface area contributed by atoms with Crippen molar-refractivity contribution in [3.63, 3.8) is 0 Å². The van der Waals surface area contributed by atoms with Crippen molar-refractivity contribution in [2.45, 2.75) is 19.4 Å². The molecule has 0 unspecified atom stereocenters. The van der Waals surface area contributed by atoms with Gasteiger partial charge >= 0.3 is 0 Å². The molecule has 0 saturated carbocycles. The Kier molecular flexibility index (Phi) is 6.27. The summed E-state index contributed by atoms with van der Waals surface area (Å²) >= 11 is 0.